The number of fused-ring (bicyclic) bond motifs is 1. The SMILES string of the molecule is Cc1cc(C(=O)O)ccc1Cc1nc2ccccc2s1. The normalized spacial score (nSPS) is 10.8. The highest BCUT2D eigenvalue weighted by molar-refractivity contribution is 7.18. The number of carboxylic acids is 1. The van der Waals surface area contributed by atoms with E-state index in [1.807, 2.05) is 31.2 Å². The lowest BCUT2D eigenvalue weighted by Crippen LogP contribution is -1.99. The predicted octanol–water partition coefficient (Wildman–Crippen LogP) is 3.89. The molecule has 0 bridgehead atoms. The molecule has 3 aromatic rings. The van der Waals surface area contributed by atoms with Crippen LogP contribution in [0.2, 0.25) is 0 Å². The van der Waals surface area contributed by atoms with Crippen LogP contribution in [0.4, 0.5) is 0 Å². The van der Waals surface area contributed by atoms with Gasteiger partial charge in [0.15, 0.2) is 0 Å². The molecule has 0 amide bonds. The number of para-hydroxylation sites is 1. The fourth-order valence-electron chi connectivity index (χ4n) is 2.19. The highest BCUT2D eigenvalue weighted by Gasteiger charge is 2.09. The molecule has 1 N–H and O–H groups in total. The van der Waals surface area contributed by atoms with E-state index in [1.54, 1.807) is 23.5 Å². The van der Waals surface area contributed by atoms with E-state index in [2.05, 4.69) is 11.1 Å². The molecular formula is C16H13NO2S. The van der Waals surface area contributed by atoms with Gasteiger partial charge in [-0.25, -0.2) is 9.78 Å². The number of benzene rings is 2. The Morgan fingerprint density at radius 1 is 1.25 bits per heavy atom. The van der Waals surface area contributed by atoms with Crippen molar-refractivity contribution in [3.63, 3.8) is 0 Å². The first-order valence-corrected chi connectivity index (χ1v) is 7.12. The van der Waals surface area contributed by atoms with Gasteiger partial charge in [-0.2, -0.15) is 0 Å². The standard InChI is InChI=1S/C16H13NO2S/c1-10-8-12(16(18)19)7-6-11(10)9-15-17-13-4-2-3-5-14(13)20-15/h2-8H,9H2,1H3,(H,18,19). The molecular weight excluding hydrogens is 270 g/mol. The van der Waals surface area contributed by atoms with Gasteiger partial charge in [0.2, 0.25) is 0 Å². The van der Waals surface area contributed by atoms with E-state index in [9.17, 15) is 4.79 Å². The zero-order chi connectivity index (χ0) is 14.1. The summed E-state index contributed by atoms with van der Waals surface area (Å²) in [4.78, 5) is 15.5. The van der Waals surface area contributed by atoms with Crippen molar-refractivity contribution in [3.05, 3.63) is 64.2 Å². The van der Waals surface area contributed by atoms with Crippen molar-refractivity contribution in [1.82, 2.24) is 4.98 Å². The molecule has 0 aliphatic rings. The van der Waals surface area contributed by atoms with Gasteiger partial charge >= 0.3 is 5.97 Å². The van der Waals surface area contributed by atoms with Crippen LogP contribution < -0.4 is 0 Å². The first kappa shape index (κ1) is 12.8. The van der Waals surface area contributed by atoms with Crippen LogP contribution in [0, 0.1) is 6.92 Å². The molecule has 1 heterocycles. The maximum atomic E-state index is 10.9. The molecule has 0 spiro atoms. The monoisotopic (exact) mass is 283 g/mol. The molecule has 0 radical (unpaired) electrons. The van der Waals surface area contributed by atoms with E-state index in [0.29, 0.717) is 5.56 Å². The summed E-state index contributed by atoms with van der Waals surface area (Å²) in [6.07, 6.45) is 0.741. The number of nitrogens with zero attached hydrogens (tertiary/aromatic N) is 1. The van der Waals surface area contributed by atoms with Crippen molar-refractivity contribution in [3.8, 4) is 0 Å². The Hall–Kier alpha value is -2.20. The Bertz CT molecular complexity index is 759. The fourth-order valence-corrected chi connectivity index (χ4v) is 3.18. The second kappa shape index (κ2) is 5.06. The Labute approximate surface area is 120 Å². The van der Waals surface area contributed by atoms with Crippen LogP contribution in [-0.2, 0) is 6.42 Å². The summed E-state index contributed by atoms with van der Waals surface area (Å²) in [6.45, 7) is 1.94. The third-order valence-corrected chi connectivity index (χ3v) is 4.31. The highest BCUT2D eigenvalue weighted by Crippen LogP contribution is 2.24. The number of hydrogen-bond acceptors (Lipinski definition) is 3. The minimum Gasteiger partial charge on any atom is -0.478 e. The second-order valence-corrected chi connectivity index (χ2v) is 5.81. The number of rotatable bonds is 3. The van der Waals surface area contributed by atoms with E-state index in [4.69, 9.17) is 5.11 Å². The molecule has 0 atom stereocenters. The van der Waals surface area contributed by atoms with Crippen LogP contribution in [0.3, 0.4) is 0 Å². The summed E-state index contributed by atoms with van der Waals surface area (Å²) in [6, 6.07) is 13.3. The molecule has 0 fully saturated rings. The molecule has 1 aromatic heterocycles. The summed E-state index contributed by atoms with van der Waals surface area (Å²) in [5, 5.41) is 10.0. The number of aryl methyl sites for hydroxylation is 1. The van der Waals surface area contributed by atoms with Gasteiger partial charge in [0.25, 0.3) is 0 Å². The fraction of sp³-hybridized carbons (Fsp3) is 0.125. The Kier molecular flexibility index (Phi) is 3.24. The zero-order valence-electron chi connectivity index (χ0n) is 11.0. The Morgan fingerprint density at radius 3 is 2.75 bits per heavy atom. The molecule has 0 unspecified atom stereocenters. The van der Waals surface area contributed by atoms with Gasteiger partial charge in [-0.05, 0) is 42.3 Å². The largest absolute Gasteiger partial charge is 0.478 e. The number of aromatic nitrogens is 1. The molecule has 0 aliphatic carbocycles. The molecule has 100 valence electrons. The Morgan fingerprint density at radius 2 is 2.05 bits per heavy atom. The number of carbonyl (C=O) groups is 1. The lowest BCUT2D eigenvalue weighted by molar-refractivity contribution is 0.0697. The zero-order valence-corrected chi connectivity index (χ0v) is 11.8. The predicted molar refractivity (Wildman–Crippen MR) is 80.6 cm³/mol. The first-order valence-electron chi connectivity index (χ1n) is 6.31. The van der Waals surface area contributed by atoms with Crippen LogP contribution in [0.25, 0.3) is 10.2 Å². The van der Waals surface area contributed by atoms with Gasteiger partial charge in [0.05, 0.1) is 20.8 Å². The van der Waals surface area contributed by atoms with E-state index >= 15 is 0 Å². The van der Waals surface area contributed by atoms with E-state index in [-0.39, 0.29) is 0 Å². The van der Waals surface area contributed by atoms with Crippen molar-refractivity contribution in [1.29, 1.82) is 0 Å². The molecule has 0 aliphatic heterocycles. The van der Waals surface area contributed by atoms with Crippen LogP contribution in [0.1, 0.15) is 26.5 Å². The third kappa shape index (κ3) is 2.42. The molecule has 3 nitrogen and oxygen atoms in total. The van der Waals surface area contributed by atoms with E-state index < -0.39 is 5.97 Å². The number of hydrogen-bond donors (Lipinski definition) is 1. The van der Waals surface area contributed by atoms with Gasteiger partial charge in [0.1, 0.15) is 0 Å². The van der Waals surface area contributed by atoms with Crippen molar-refractivity contribution >= 4 is 27.5 Å². The summed E-state index contributed by atoms with van der Waals surface area (Å²) in [7, 11) is 0. The van der Waals surface area contributed by atoms with Gasteiger partial charge in [0, 0.05) is 6.42 Å². The summed E-state index contributed by atoms with van der Waals surface area (Å²) in [5.74, 6) is -0.889. The number of aromatic carboxylic acids is 1. The number of thiazole rings is 1. The molecule has 4 heteroatoms. The van der Waals surface area contributed by atoms with Gasteiger partial charge in [-0.1, -0.05) is 18.2 Å². The quantitative estimate of drug-likeness (QED) is 0.793. The van der Waals surface area contributed by atoms with Crippen LogP contribution in [0.5, 0.6) is 0 Å². The first-order chi connectivity index (χ1) is 9.63. The summed E-state index contributed by atoms with van der Waals surface area (Å²) >= 11 is 1.68. The topological polar surface area (TPSA) is 50.2 Å². The van der Waals surface area contributed by atoms with Crippen molar-refractivity contribution < 1.29 is 9.90 Å². The lowest BCUT2D eigenvalue weighted by atomic mass is 10.0. The molecule has 2 aromatic carbocycles. The second-order valence-electron chi connectivity index (χ2n) is 4.70. The molecule has 0 saturated carbocycles. The highest BCUT2D eigenvalue weighted by atomic mass is 32.1. The third-order valence-electron chi connectivity index (χ3n) is 3.27. The summed E-state index contributed by atoms with van der Waals surface area (Å²) in [5.41, 5.74) is 3.46. The smallest absolute Gasteiger partial charge is 0.335 e. The lowest BCUT2D eigenvalue weighted by Gasteiger charge is -2.04. The van der Waals surface area contributed by atoms with Crippen LogP contribution in [0.15, 0.2) is 42.5 Å². The Balaban J connectivity index is 1.92. The van der Waals surface area contributed by atoms with Gasteiger partial charge in [-0.3, -0.25) is 0 Å². The van der Waals surface area contributed by atoms with Crippen molar-refractivity contribution in [2.75, 3.05) is 0 Å². The van der Waals surface area contributed by atoms with Gasteiger partial charge < -0.3 is 5.11 Å². The average molecular weight is 283 g/mol. The maximum absolute atomic E-state index is 10.9. The van der Waals surface area contributed by atoms with E-state index in [0.717, 1.165) is 28.1 Å². The van der Waals surface area contributed by atoms with E-state index in [1.165, 1.54) is 4.70 Å². The summed E-state index contributed by atoms with van der Waals surface area (Å²) < 4.78 is 1.18. The minimum absolute atomic E-state index is 0.329. The van der Waals surface area contributed by atoms with Crippen molar-refractivity contribution in [2.24, 2.45) is 0 Å². The average Bonchev–Trinajstić information content (AvgIpc) is 2.83. The maximum Gasteiger partial charge on any atom is 0.335 e. The minimum atomic E-state index is -0.889. The van der Waals surface area contributed by atoms with Gasteiger partial charge in [-0.15, -0.1) is 11.3 Å². The molecule has 0 saturated heterocycles. The molecule has 20 heavy (non-hydrogen) atoms. The van der Waals surface area contributed by atoms with Crippen LogP contribution in [-0.4, -0.2) is 16.1 Å². The number of carboxylic acid groups (broad SMARTS) is 1. The van der Waals surface area contributed by atoms with Crippen molar-refractivity contribution in [2.45, 2.75) is 13.3 Å². The molecule has 3 rings (SSSR count). The van der Waals surface area contributed by atoms with Crippen LogP contribution >= 0.6 is 11.3 Å².